The molecule has 17 heteroatoms. The van der Waals surface area contributed by atoms with E-state index in [1.165, 1.54) is 19.1 Å². The maximum absolute atomic E-state index is 13.8. The predicted molar refractivity (Wildman–Crippen MR) is 202 cm³/mol. The lowest BCUT2D eigenvalue weighted by molar-refractivity contribution is -0.322. The first-order chi connectivity index (χ1) is 27.7. The van der Waals surface area contributed by atoms with Gasteiger partial charge in [-0.15, -0.1) is 12.3 Å². The van der Waals surface area contributed by atoms with Gasteiger partial charge in [0.05, 0.1) is 45.4 Å². The van der Waals surface area contributed by atoms with Gasteiger partial charge in [0, 0.05) is 39.7 Å². The van der Waals surface area contributed by atoms with E-state index < -0.39 is 97.3 Å². The number of esters is 4. The smallest absolute Gasteiger partial charge is 0.366 e. The highest BCUT2D eigenvalue weighted by Crippen LogP contribution is 2.38. The second-order valence-corrected chi connectivity index (χ2v) is 13.5. The average Bonchev–Trinajstić information content (AvgIpc) is 3.18. The summed E-state index contributed by atoms with van der Waals surface area (Å²) in [7, 11) is 1.08. The van der Waals surface area contributed by atoms with Crippen molar-refractivity contribution in [2.24, 2.45) is 0 Å². The summed E-state index contributed by atoms with van der Waals surface area (Å²) in [6.45, 7) is 4.01. The first kappa shape index (κ1) is 45.2. The Kier molecular flexibility index (Phi) is 17.0. The fourth-order valence-electron chi connectivity index (χ4n) is 6.58. The molecule has 0 saturated carbocycles. The third kappa shape index (κ3) is 13.3. The van der Waals surface area contributed by atoms with E-state index in [-0.39, 0.29) is 18.8 Å². The number of hydrogen-bond acceptors (Lipinski definition) is 15. The Morgan fingerprint density at radius 1 is 0.931 bits per heavy atom. The van der Waals surface area contributed by atoms with Gasteiger partial charge in [0.25, 0.3) is 11.7 Å². The van der Waals surface area contributed by atoms with Crippen LogP contribution in [0, 0.1) is 12.3 Å². The molecule has 2 aromatic rings. The van der Waals surface area contributed by atoms with Crippen LogP contribution in [0.15, 0.2) is 54.6 Å². The molecular formula is C41H50N2O15. The summed E-state index contributed by atoms with van der Waals surface area (Å²) in [6, 6.07) is 13.9. The van der Waals surface area contributed by atoms with Crippen molar-refractivity contribution in [3.63, 3.8) is 0 Å². The number of para-hydroxylation sites is 1. The SMILES string of the molecule is C#CCCOC1CCCC(CO[C@]2(C(=O)OC)C[C@H](OC(C)=O)[C@@H](NC(C)=O)[C@H]([C@H](OC(C)=O)[C@@H](CNC(=O)c3cccc(Oc4ccccc4)c3)OC(C)=O)O2)O1. The Labute approximate surface area is 336 Å². The molecule has 58 heavy (non-hydrogen) atoms. The monoisotopic (exact) mass is 810 g/mol. The maximum atomic E-state index is 13.8. The van der Waals surface area contributed by atoms with Gasteiger partial charge in [0.15, 0.2) is 18.5 Å². The molecule has 0 bridgehead atoms. The summed E-state index contributed by atoms with van der Waals surface area (Å²) in [4.78, 5) is 77.9. The Hall–Kier alpha value is -5.54. The van der Waals surface area contributed by atoms with Crippen molar-refractivity contribution in [2.75, 3.05) is 26.9 Å². The fraction of sp³-hybridized carbons (Fsp3) is 0.512. The number of methoxy groups -OCH3 is 1. The molecule has 0 radical (unpaired) electrons. The van der Waals surface area contributed by atoms with Crippen molar-refractivity contribution in [2.45, 2.75) is 108 Å². The maximum Gasteiger partial charge on any atom is 0.366 e. The van der Waals surface area contributed by atoms with Crippen molar-refractivity contribution in [3.8, 4) is 23.8 Å². The van der Waals surface area contributed by atoms with Crippen LogP contribution in [0.5, 0.6) is 11.5 Å². The molecule has 2 aliphatic rings. The van der Waals surface area contributed by atoms with E-state index in [4.69, 9.17) is 49.1 Å². The van der Waals surface area contributed by atoms with E-state index in [0.717, 1.165) is 27.9 Å². The molecule has 2 aliphatic heterocycles. The summed E-state index contributed by atoms with van der Waals surface area (Å²) >= 11 is 0. The summed E-state index contributed by atoms with van der Waals surface area (Å²) in [5, 5.41) is 5.34. The van der Waals surface area contributed by atoms with Crippen LogP contribution in [0.3, 0.4) is 0 Å². The average molecular weight is 811 g/mol. The topological polar surface area (TPSA) is 210 Å². The quantitative estimate of drug-likeness (QED) is 0.0960. The highest BCUT2D eigenvalue weighted by Gasteiger charge is 2.59. The zero-order chi connectivity index (χ0) is 42.2. The first-order valence-electron chi connectivity index (χ1n) is 18.7. The Bertz CT molecular complexity index is 1780. The minimum Gasteiger partial charge on any atom is -0.465 e. The van der Waals surface area contributed by atoms with Gasteiger partial charge in [0.2, 0.25) is 5.91 Å². The molecular weight excluding hydrogens is 760 g/mol. The van der Waals surface area contributed by atoms with Gasteiger partial charge < -0.3 is 53.3 Å². The number of benzene rings is 2. The van der Waals surface area contributed by atoms with E-state index >= 15 is 0 Å². The Morgan fingerprint density at radius 3 is 2.31 bits per heavy atom. The molecule has 2 amide bonds. The van der Waals surface area contributed by atoms with E-state index in [2.05, 4.69) is 16.6 Å². The number of amides is 2. The Balaban J connectivity index is 1.69. The van der Waals surface area contributed by atoms with Crippen molar-refractivity contribution in [1.82, 2.24) is 10.6 Å². The van der Waals surface area contributed by atoms with Gasteiger partial charge in [-0.05, 0) is 49.6 Å². The van der Waals surface area contributed by atoms with E-state index in [1.807, 2.05) is 6.07 Å². The lowest BCUT2D eigenvalue weighted by Crippen LogP contribution is -2.69. The van der Waals surface area contributed by atoms with Gasteiger partial charge in [-0.2, -0.15) is 0 Å². The molecule has 8 atom stereocenters. The highest BCUT2D eigenvalue weighted by molar-refractivity contribution is 5.94. The predicted octanol–water partition coefficient (Wildman–Crippen LogP) is 3.12. The molecule has 314 valence electrons. The van der Waals surface area contributed by atoms with Gasteiger partial charge >= 0.3 is 23.9 Å². The number of carbonyl (C=O) groups excluding carboxylic acids is 6. The standard InChI is InChI=1S/C41H50N2O15/c1-7-8-20-51-35-19-13-18-32(57-35)24-52-41(40(49)50-6)22-33(53-26(3)45)36(43-25(2)44)38(58-41)37(55-28(5)47)34(54-27(4)46)23-42-39(48)29-14-12-17-31(21-29)56-30-15-10-9-11-16-30/h1,9-12,14-17,21,32-38H,8,13,18-20,22-24H2,2-6H3,(H,42,48)(H,43,44)/t32?,33-,34+,35?,36+,37+,38+,41+/m0/s1. The first-order valence-corrected chi connectivity index (χ1v) is 18.7. The zero-order valence-corrected chi connectivity index (χ0v) is 33.1. The molecule has 17 nitrogen and oxygen atoms in total. The Morgan fingerprint density at radius 2 is 1.66 bits per heavy atom. The van der Waals surface area contributed by atoms with Gasteiger partial charge in [-0.25, -0.2) is 4.79 Å². The molecule has 0 aromatic heterocycles. The van der Waals surface area contributed by atoms with Gasteiger partial charge in [-0.3, -0.25) is 24.0 Å². The van der Waals surface area contributed by atoms with E-state index in [0.29, 0.717) is 37.2 Å². The highest BCUT2D eigenvalue weighted by atomic mass is 16.8. The molecule has 0 aliphatic carbocycles. The molecule has 2 N–H and O–H groups in total. The molecule has 4 rings (SSSR count). The van der Waals surface area contributed by atoms with Crippen LogP contribution in [0.25, 0.3) is 0 Å². The van der Waals surface area contributed by atoms with Crippen LogP contribution < -0.4 is 15.4 Å². The summed E-state index contributed by atoms with van der Waals surface area (Å²) in [5.74, 6) is -3.81. The number of rotatable bonds is 18. The molecule has 2 fully saturated rings. The molecule has 2 unspecified atom stereocenters. The van der Waals surface area contributed by atoms with Crippen LogP contribution in [0.2, 0.25) is 0 Å². The number of nitrogens with one attached hydrogen (secondary N) is 2. The minimum absolute atomic E-state index is 0.172. The van der Waals surface area contributed by atoms with Gasteiger partial charge in [0.1, 0.15) is 23.7 Å². The number of terminal acetylenes is 1. The lowest BCUT2D eigenvalue weighted by Gasteiger charge is -2.48. The number of ether oxygens (including phenoxy) is 9. The molecule has 2 heterocycles. The molecule has 2 saturated heterocycles. The third-order valence-electron chi connectivity index (χ3n) is 8.95. The number of hydrogen-bond donors (Lipinski definition) is 2. The molecule has 2 aromatic carbocycles. The van der Waals surface area contributed by atoms with Crippen molar-refractivity contribution < 1.29 is 71.4 Å². The van der Waals surface area contributed by atoms with Crippen LogP contribution in [0.1, 0.15) is 70.2 Å². The normalized spacial score (nSPS) is 23.8. The van der Waals surface area contributed by atoms with Crippen LogP contribution in [-0.4, -0.2) is 111 Å². The van der Waals surface area contributed by atoms with Crippen molar-refractivity contribution in [1.29, 1.82) is 0 Å². The summed E-state index contributed by atoms with van der Waals surface area (Å²) < 4.78 is 52.4. The van der Waals surface area contributed by atoms with Crippen LogP contribution in [-0.2, 0) is 61.9 Å². The number of carbonyl (C=O) groups is 6. The van der Waals surface area contributed by atoms with E-state index in [9.17, 15) is 28.8 Å². The van der Waals surface area contributed by atoms with Crippen molar-refractivity contribution in [3.05, 3.63) is 60.2 Å². The third-order valence-corrected chi connectivity index (χ3v) is 8.95. The fourth-order valence-corrected chi connectivity index (χ4v) is 6.58. The van der Waals surface area contributed by atoms with Crippen LogP contribution >= 0.6 is 0 Å². The van der Waals surface area contributed by atoms with E-state index in [1.54, 1.807) is 36.4 Å². The lowest BCUT2D eigenvalue weighted by atomic mass is 9.87. The minimum atomic E-state index is -2.36. The van der Waals surface area contributed by atoms with Crippen molar-refractivity contribution >= 4 is 35.7 Å². The second kappa shape index (κ2) is 21.8. The second-order valence-electron chi connectivity index (χ2n) is 13.5. The van der Waals surface area contributed by atoms with Gasteiger partial charge in [-0.1, -0.05) is 24.3 Å². The summed E-state index contributed by atoms with van der Waals surface area (Å²) in [6.07, 6.45) is -0.389. The zero-order valence-electron chi connectivity index (χ0n) is 33.1. The van der Waals surface area contributed by atoms with Crippen LogP contribution in [0.4, 0.5) is 0 Å². The molecule has 0 spiro atoms. The summed E-state index contributed by atoms with van der Waals surface area (Å²) in [5.41, 5.74) is 0.172. The largest absolute Gasteiger partial charge is 0.465 e.